The molecule has 0 spiro atoms. The molecule has 3 aliphatic rings. The van der Waals surface area contributed by atoms with Gasteiger partial charge in [0.25, 0.3) is 0 Å². The highest BCUT2D eigenvalue weighted by atomic mass is 19.1. The van der Waals surface area contributed by atoms with Gasteiger partial charge in [-0.2, -0.15) is 0 Å². The normalized spacial score (nSPS) is 28.9. The summed E-state index contributed by atoms with van der Waals surface area (Å²) in [6.07, 6.45) is 6.42. The molecule has 4 rings (SSSR count). The lowest BCUT2D eigenvalue weighted by Gasteiger charge is -2.44. The van der Waals surface area contributed by atoms with Crippen LogP contribution in [0.25, 0.3) is 0 Å². The molecule has 3 saturated heterocycles. The Morgan fingerprint density at radius 2 is 1.89 bits per heavy atom. The van der Waals surface area contributed by atoms with Crippen molar-refractivity contribution in [3.63, 3.8) is 0 Å². The van der Waals surface area contributed by atoms with Gasteiger partial charge in [0.15, 0.2) is 0 Å². The molecule has 6 heteroatoms. The molecular formula is C21H28FN3O2. The molecule has 0 aromatic heterocycles. The lowest BCUT2D eigenvalue weighted by Crippen LogP contribution is -2.51. The molecular weight excluding hydrogens is 345 g/mol. The Balaban J connectivity index is 1.32. The minimum atomic E-state index is -0.330. The quantitative estimate of drug-likeness (QED) is 0.883. The zero-order chi connectivity index (χ0) is 18.8. The molecule has 3 heterocycles. The predicted octanol–water partition coefficient (Wildman–Crippen LogP) is 2.56. The lowest BCUT2D eigenvalue weighted by atomic mass is 9.83. The van der Waals surface area contributed by atoms with E-state index in [1.165, 1.54) is 57.3 Å². The van der Waals surface area contributed by atoms with Gasteiger partial charge >= 0.3 is 0 Å². The number of halogens is 1. The Morgan fingerprint density at radius 3 is 2.70 bits per heavy atom. The second kappa shape index (κ2) is 7.97. The van der Waals surface area contributed by atoms with E-state index in [0.29, 0.717) is 30.7 Å². The van der Waals surface area contributed by atoms with Gasteiger partial charge < -0.3 is 15.1 Å². The second-order valence-electron chi connectivity index (χ2n) is 8.13. The molecule has 1 aromatic rings. The van der Waals surface area contributed by atoms with Crippen LogP contribution in [0.5, 0.6) is 0 Å². The maximum atomic E-state index is 13.1. The van der Waals surface area contributed by atoms with Crippen molar-refractivity contribution in [3.05, 3.63) is 30.1 Å². The summed E-state index contributed by atoms with van der Waals surface area (Å²) in [5.74, 6) is -0.232. The molecule has 0 saturated carbocycles. The molecule has 3 atom stereocenters. The summed E-state index contributed by atoms with van der Waals surface area (Å²) < 4.78 is 13.1. The Bertz CT molecular complexity index is 691. The molecule has 3 aliphatic heterocycles. The third-order valence-electron chi connectivity index (χ3n) is 6.40. The van der Waals surface area contributed by atoms with Crippen LogP contribution in [-0.4, -0.2) is 48.9 Å². The average molecular weight is 373 g/mol. The molecule has 1 aromatic carbocycles. The largest absolute Gasteiger partial charge is 0.355 e. The minimum Gasteiger partial charge on any atom is -0.355 e. The number of rotatable bonds is 4. The molecule has 5 nitrogen and oxygen atoms in total. The average Bonchev–Trinajstić information content (AvgIpc) is 3.08. The zero-order valence-electron chi connectivity index (χ0n) is 15.7. The van der Waals surface area contributed by atoms with Crippen molar-refractivity contribution < 1.29 is 14.0 Å². The number of hydrogen-bond donors (Lipinski definition) is 1. The van der Waals surface area contributed by atoms with E-state index in [-0.39, 0.29) is 30.0 Å². The van der Waals surface area contributed by atoms with E-state index in [9.17, 15) is 14.0 Å². The fourth-order valence-corrected chi connectivity index (χ4v) is 4.95. The molecule has 0 radical (unpaired) electrons. The van der Waals surface area contributed by atoms with Crippen LogP contribution in [0.1, 0.15) is 38.5 Å². The van der Waals surface area contributed by atoms with E-state index >= 15 is 0 Å². The van der Waals surface area contributed by atoms with Crippen LogP contribution in [0.2, 0.25) is 0 Å². The van der Waals surface area contributed by atoms with E-state index in [2.05, 4.69) is 10.2 Å². The Kier molecular flexibility index (Phi) is 5.43. The van der Waals surface area contributed by atoms with E-state index in [1.807, 2.05) is 0 Å². The molecule has 27 heavy (non-hydrogen) atoms. The van der Waals surface area contributed by atoms with Crippen molar-refractivity contribution in [3.8, 4) is 0 Å². The maximum absolute atomic E-state index is 13.1. The van der Waals surface area contributed by atoms with Gasteiger partial charge in [0, 0.05) is 31.2 Å². The highest BCUT2D eigenvalue weighted by Gasteiger charge is 2.37. The summed E-state index contributed by atoms with van der Waals surface area (Å²) in [5, 5.41) is 3.12. The van der Waals surface area contributed by atoms with Crippen molar-refractivity contribution in [1.29, 1.82) is 0 Å². The monoisotopic (exact) mass is 373 g/mol. The van der Waals surface area contributed by atoms with Crippen molar-refractivity contribution in [1.82, 2.24) is 10.2 Å². The number of piperidine rings is 2. The van der Waals surface area contributed by atoms with E-state index in [4.69, 9.17) is 0 Å². The van der Waals surface area contributed by atoms with Crippen molar-refractivity contribution >= 4 is 17.5 Å². The summed E-state index contributed by atoms with van der Waals surface area (Å²) in [6.45, 7) is 3.47. The Morgan fingerprint density at radius 1 is 1.11 bits per heavy atom. The van der Waals surface area contributed by atoms with Crippen LogP contribution in [0, 0.1) is 17.7 Å². The number of nitrogens with zero attached hydrogens (tertiary/aromatic N) is 2. The van der Waals surface area contributed by atoms with Gasteiger partial charge in [-0.05, 0) is 69.0 Å². The van der Waals surface area contributed by atoms with Gasteiger partial charge in [-0.15, -0.1) is 0 Å². The van der Waals surface area contributed by atoms with Crippen LogP contribution in [0.3, 0.4) is 0 Å². The number of carbonyl (C=O) groups is 2. The predicted molar refractivity (Wildman–Crippen MR) is 102 cm³/mol. The number of hydrogen-bond acceptors (Lipinski definition) is 3. The van der Waals surface area contributed by atoms with Crippen LogP contribution in [-0.2, 0) is 9.59 Å². The first-order chi connectivity index (χ1) is 13.1. The van der Waals surface area contributed by atoms with Gasteiger partial charge in [0.1, 0.15) is 5.82 Å². The molecule has 0 bridgehead atoms. The van der Waals surface area contributed by atoms with Crippen LogP contribution < -0.4 is 10.2 Å². The summed E-state index contributed by atoms with van der Waals surface area (Å²) in [6, 6.07) is 6.47. The van der Waals surface area contributed by atoms with Gasteiger partial charge in [-0.25, -0.2) is 4.39 Å². The number of benzene rings is 1. The van der Waals surface area contributed by atoms with Gasteiger partial charge in [0.2, 0.25) is 11.8 Å². The van der Waals surface area contributed by atoms with Crippen LogP contribution in [0.15, 0.2) is 24.3 Å². The van der Waals surface area contributed by atoms with Crippen LogP contribution in [0.4, 0.5) is 10.1 Å². The Hall–Kier alpha value is -1.95. The van der Waals surface area contributed by atoms with Gasteiger partial charge in [-0.1, -0.05) is 6.42 Å². The minimum absolute atomic E-state index is 0.0269. The number of fused-ring (bicyclic) bond motifs is 1. The van der Waals surface area contributed by atoms with Crippen LogP contribution >= 0.6 is 0 Å². The summed E-state index contributed by atoms with van der Waals surface area (Å²) in [5.41, 5.74) is 0.654. The van der Waals surface area contributed by atoms with Crippen molar-refractivity contribution in [2.24, 2.45) is 11.8 Å². The number of nitrogens with one attached hydrogen (secondary N) is 1. The first kappa shape index (κ1) is 18.4. The fourth-order valence-electron chi connectivity index (χ4n) is 4.95. The van der Waals surface area contributed by atoms with Gasteiger partial charge in [-0.3, -0.25) is 9.59 Å². The maximum Gasteiger partial charge on any atom is 0.227 e. The first-order valence-corrected chi connectivity index (χ1v) is 10.2. The molecule has 1 N–H and O–H groups in total. The lowest BCUT2D eigenvalue weighted by molar-refractivity contribution is -0.126. The summed E-state index contributed by atoms with van der Waals surface area (Å²) in [7, 11) is 0. The molecule has 0 unspecified atom stereocenters. The topological polar surface area (TPSA) is 52.7 Å². The van der Waals surface area contributed by atoms with E-state index in [0.717, 1.165) is 0 Å². The number of anilines is 1. The molecule has 146 valence electrons. The highest BCUT2D eigenvalue weighted by Crippen LogP contribution is 2.31. The van der Waals surface area contributed by atoms with E-state index < -0.39 is 0 Å². The third kappa shape index (κ3) is 4.00. The van der Waals surface area contributed by atoms with E-state index in [1.54, 1.807) is 17.0 Å². The highest BCUT2D eigenvalue weighted by molar-refractivity contribution is 6.00. The first-order valence-electron chi connectivity index (χ1n) is 10.2. The van der Waals surface area contributed by atoms with Crippen molar-refractivity contribution in [2.75, 3.05) is 31.1 Å². The molecule has 3 fully saturated rings. The summed E-state index contributed by atoms with van der Waals surface area (Å²) in [4.78, 5) is 29.2. The smallest absolute Gasteiger partial charge is 0.227 e. The second-order valence-corrected chi connectivity index (χ2v) is 8.13. The third-order valence-corrected chi connectivity index (χ3v) is 6.40. The molecule has 0 aliphatic carbocycles. The number of amides is 2. The number of carbonyl (C=O) groups excluding carboxylic acids is 2. The summed E-state index contributed by atoms with van der Waals surface area (Å²) >= 11 is 0. The standard InChI is InChI=1S/C21H28FN3O2/c22-17-6-8-18(9-7-17)25-14-16(12-20(25)26)21(27)23-13-15-4-3-11-24-10-2-1-5-19(15)24/h6-9,15-16,19H,1-5,10-14H2,(H,23,27)/t15-,16-,19+/m0/s1. The fraction of sp³-hybridized carbons (Fsp3) is 0.619. The van der Waals surface area contributed by atoms with Crippen molar-refractivity contribution in [2.45, 2.75) is 44.6 Å². The zero-order valence-corrected chi connectivity index (χ0v) is 15.7. The Labute approximate surface area is 159 Å². The SMILES string of the molecule is O=C(NC[C@@H]1CCCN2CCCC[C@H]12)[C@H]1CC(=O)N(c2ccc(F)cc2)C1. The van der Waals surface area contributed by atoms with Gasteiger partial charge in [0.05, 0.1) is 5.92 Å². The molecule has 2 amide bonds.